The van der Waals surface area contributed by atoms with Gasteiger partial charge in [0, 0.05) is 36.7 Å². The highest BCUT2D eigenvalue weighted by Crippen LogP contribution is 2.35. The molecule has 1 saturated heterocycles. The Morgan fingerprint density at radius 1 is 1.00 bits per heavy atom. The van der Waals surface area contributed by atoms with Crippen LogP contribution in [0.2, 0.25) is 0 Å². The van der Waals surface area contributed by atoms with Crippen molar-refractivity contribution in [2.24, 2.45) is 5.41 Å². The molecule has 0 saturated carbocycles. The van der Waals surface area contributed by atoms with Gasteiger partial charge in [-0.3, -0.25) is 9.78 Å². The van der Waals surface area contributed by atoms with Crippen LogP contribution in [0.5, 0.6) is 0 Å². The number of hydrogen-bond acceptors (Lipinski definition) is 3. The van der Waals surface area contributed by atoms with E-state index in [1.54, 1.807) is 6.20 Å². The maximum absolute atomic E-state index is 12.9. The number of carbonyl (C=O) groups excluding carboxylic acids is 1. The van der Waals surface area contributed by atoms with Gasteiger partial charge in [-0.05, 0) is 36.3 Å². The Labute approximate surface area is 159 Å². The number of amides is 1. The summed E-state index contributed by atoms with van der Waals surface area (Å²) in [5.41, 5.74) is 1.59. The number of pyridine rings is 1. The predicted molar refractivity (Wildman–Crippen MR) is 107 cm³/mol. The van der Waals surface area contributed by atoms with E-state index >= 15 is 0 Å². The first kappa shape index (κ1) is 17.7. The summed E-state index contributed by atoms with van der Waals surface area (Å²) in [6.07, 6.45) is 4.22. The molecule has 4 rings (SSSR count). The van der Waals surface area contributed by atoms with Crippen molar-refractivity contribution in [1.29, 1.82) is 0 Å². The lowest BCUT2D eigenvalue weighted by Crippen LogP contribution is -2.45. The summed E-state index contributed by atoms with van der Waals surface area (Å²) in [7, 11) is 0. The lowest BCUT2D eigenvalue weighted by atomic mass is 9.74. The monoisotopic (exact) mass is 360 g/mol. The SMILES string of the molecule is O=C(c1cc2ccccc2cn1)N1CCC(CO)(Cc2ccccc2)CC1. The van der Waals surface area contributed by atoms with Crippen LogP contribution >= 0.6 is 0 Å². The highest BCUT2D eigenvalue weighted by molar-refractivity contribution is 5.96. The number of aromatic nitrogens is 1. The molecule has 3 aromatic rings. The number of fused-ring (bicyclic) bond motifs is 1. The molecule has 0 spiro atoms. The maximum atomic E-state index is 12.9. The summed E-state index contributed by atoms with van der Waals surface area (Å²) < 4.78 is 0. The van der Waals surface area contributed by atoms with Crippen molar-refractivity contribution in [3.05, 3.63) is 78.1 Å². The van der Waals surface area contributed by atoms with Crippen molar-refractivity contribution in [2.45, 2.75) is 19.3 Å². The molecular formula is C23H24N2O2. The fourth-order valence-corrected chi connectivity index (χ4v) is 3.97. The van der Waals surface area contributed by atoms with Gasteiger partial charge in [0.15, 0.2) is 0 Å². The van der Waals surface area contributed by atoms with Gasteiger partial charge in [0.2, 0.25) is 0 Å². The topological polar surface area (TPSA) is 53.4 Å². The van der Waals surface area contributed by atoms with Crippen molar-refractivity contribution in [3.63, 3.8) is 0 Å². The fraction of sp³-hybridized carbons (Fsp3) is 0.304. The van der Waals surface area contributed by atoms with Crippen LogP contribution in [0.1, 0.15) is 28.9 Å². The first-order chi connectivity index (χ1) is 13.2. The molecule has 2 heterocycles. The first-order valence-corrected chi connectivity index (χ1v) is 9.48. The summed E-state index contributed by atoms with van der Waals surface area (Å²) in [6.45, 7) is 1.46. The van der Waals surface area contributed by atoms with Crippen molar-refractivity contribution in [3.8, 4) is 0 Å². The van der Waals surface area contributed by atoms with Crippen LogP contribution in [0.25, 0.3) is 10.8 Å². The van der Waals surface area contributed by atoms with E-state index in [1.807, 2.05) is 53.4 Å². The lowest BCUT2D eigenvalue weighted by Gasteiger charge is -2.40. The summed E-state index contributed by atoms with van der Waals surface area (Å²) in [4.78, 5) is 19.1. The minimum Gasteiger partial charge on any atom is -0.396 e. The van der Waals surface area contributed by atoms with Crippen LogP contribution in [0, 0.1) is 5.41 Å². The van der Waals surface area contributed by atoms with Crippen molar-refractivity contribution in [1.82, 2.24) is 9.88 Å². The molecule has 1 amide bonds. The summed E-state index contributed by atoms with van der Waals surface area (Å²) in [6, 6.07) is 20.1. The second kappa shape index (κ2) is 7.49. The van der Waals surface area contributed by atoms with Crippen molar-refractivity contribution >= 4 is 16.7 Å². The average molecular weight is 360 g/mol. The number of likely N-dealkylation sites (tertiary alicyclic amines) is 1. The van der Waals surface area contributed by atoms with Crippen molar-refractivity contribution in [2.75, 3.05) is 19.7 Å². The number of rotatable bonds is 4. The molecule has 1 aromatic heterocycles. The van der Waals surface area contributed by atoms with Crippen LogP contribution in [-0.2, 0) is 6.42 Å². The van der Waals surface area contributed by atoms with Gasteiger partial charge in [0.05, 0.1) is 0 Å². The predicted octanol–water partition coefficient (Wildman–Crippen LogP) is 3.69. The van der Waals surface area contributed by atoms with Crippen LogP contribution < -0.4 is 0 Å². The third kappa shape index (κ3) is 3.71. The van der Waals surface area contributed by atoms with Crippen molar-refractivity contribution < 1.29 is 9.90 Å². The maximum Gasteiger partial charge on any atom is 0.272 e. The smallest absolute Gasteiger partial charge is 0.272 e. The standard InChI is InChI=1S/C23H24N2O2/c26-17-23(15-18-6-2-1-3-7-18)10-12-25(13-11-23)22(27)21-14-19-8-4-5-9-20(19)16-24-21/h1-9,14,16,26H,10-13,15,17H2. The number of benzene rings is 2. The first-order valence-electron chi connectivity index (χ1n) is 9.48. The lowest BCUT2D eigenvalue weighted by molar-refractivity contribution is 0.0355. The zero-order valence-corrected chi connectivity index (χ0v) is 15.3. The fourth-order valence-electron chi connectivity index (χ4n) is 3.97. The van der Waals surface area contributed by atoms with Gasteiger partial charge in [0.25, 0.3) is 5.91 Å². The number of hydrogen-bond donors (Lipinski definition) is 1. The number of piperidine rings is 1. The normalized spacial score (nSPS) is 16.4. The third-order valence-corrected chi connectivity index (χ3v) is 5.72. The van der Waals surface area contributed by atoms with Crippen LogP contribution in [0.15, 0.2) is 66.9 Å². The average Bonchev–Trinajstić information content (AvgIpc) is 2.74. The Morgan fingerprint density at radius 3 is 2.37 bits per heavy atom. The van der Waals surface area contributed by atoms with Gasteiger partial charge >= 0.3 is 0 Å². The third-order valence-electron chi connectivity index (χ3n) is 5.72. The van der Waals surface area contributed by atoms with E-state index in [1.165, 1.54) is 5.56 Å². The Hall–Kier alpha value is -2.72. The zero-order valence-electron chi connectivity index (χ0n) is 15.3. The van der Waals surface area contributed by atoms with Gasteiger partial charge in [-0.1, -0.05) is 54.6 Å². The van der Waals surface area contributed by atoms with Gasteiger partial charge in [0.1, 0.15) is 5.69 Å². The molecule has 0 bridgehead atoms. The summed E-state index contributed by atoms with van der Waals surface area (Å²) in [5, 5.41) is 12.1. The Bertz CT molecular complexity index is 931. The molecule has 1 aliphatic heterocycles. The molecule has 0 unspecified atom stereocenters. The van der Waals surface area contributed by atoms with E-state index in [0.29, 0.717) is 18.8 Å². The van der Waals surface area contributed by atoms with Crippen LogP contribution in [0.4, 0.5) is 0 Å². The summed E-state index contributed by atoms with van der Waals surface area (Å²) in [5.74, 6) is -0.0213. The molecule has 138 valence electrons. The molecule has 4 nitrogen and oxygen atoms in total. The van der Waals surface area contributed by atoms with E-state index < -0.39 is 0 Å². The molecule has 0 aliphatic carbocycles. The van der Waals surface area contributed by atoms with Gasteiger partial charge < -0.3 is 10.0 Å². The number of aliphatic hydroxyl groups excluding tert-OH is 1. The highest BCUT2D eigenvalue weighted by Gasteiger charge is 2.36. The minimum absolute atomic E-state index is 0.0213. The van der Waals surface area contributed by atoms with Gasteiger partial charge in [-0.15, -0.1) is 0 Å². The van der Waals surface area contributed by atoms with E-state index in [2.05, 4.69) is 17.1 Å². The molecular weight excluding hydrogens is 336 g/mol. The molecule has 0 radical (unpaired) electrons. The zero-order chi connectivity index (χ0) is 18.7. The van der Waals surface area contributed by atoms with Gasteiger partial charge in [-0.25, -0.2) is 0 Å². The Kier molecular flexibility index (Phi) is 4.90. The number of aliphatic hydroxyl groups is 1. The number of nitrogens with zero attached hydrogens (tertiary/aromatic N) is 2. The van der Waals surface area contributed by atoms with E-state index in [0.717, 1.165) is 30.0 Å². The molecule has 2 aromatic carbocycles. The molecule has 27 heavy (non-hydrogen) atoms. The highest BCUT2D eigenvalue weighted by atomic mass is 16.3. The Morgan fingerprint density at radius 2 is 1.67 bits per heavy atom. The molecule has 1 fully saturated rings. The second-order valence-corrected chi connectivity index (χ2v) is 7.53. The van der Waals surface area contributed by atoms with Crippen LogP contribution in [-0.4, -0.2) is 40.6 Å². The van der Waals surface area contributed by atoms with E-state index in [-0.39, 0.29) is 17.9 Å². The Balaban J connectivity index is 1.46. The molecule has 1 N–H and O–H groups in total. The largest absolute Gasteiger partial charge is 0.396 e. The molecule has 4 heteroatoms. The van der Waals surface area contributed by atoms with Gasteiger partial charge in [-0.2, -0.15) is 0 Å². The van der Waals surface area contributed by atoms with E-state index in [9.17, 15) is 9.90 Å². The minimum atomic E-state index is -0.144. The van der Waals surface area contributed by atoms with E-state index in [4.69, 9.17) is 0 Å². The van der Waals surface area contributed by atoms with Crippen LogP contribution in [0.3, 0.4) is 0 Å². The molecule has 0 atom stereocenters. The molecule has 1 aliphatic rings. The number of carbonyl (C=O) groups is 1. The summed E-state index contributed by atoms with van der Waals surface area (Å²) >= 11 is 0. The quantitative estimate of drug-likeness (QED) is 0.772. The second-order valence-electron chi connectivity index (χ2n) is 7.53.